The van der Waals surface area contributed by atoms with E-state index in [2.05, 4.69) is 33.0 Å². The topological polar surface area (TPSA) is 67.2 Å². The zero-order chi connectivity index (χ0) is 17.9. The van der Waals surface area contributed by atoms with E-state index in [1.807, 2.05) is 36.4 Å². The molecule has 6 nitrogen and oxygen atoms in total. The zero-order valence-corrected chi connectivity index (χ0v) is 14.9. The van der Waals surface area contributed by atoms with E-state index in [-0.39, 0.29) is 12.2 Å². The Bertz CT molecular complexity index is 791. The molecule has 2 aliphatic heterocycles. The van der Waals surface area contributed by atoms with Crippen molar-refractivity contribution in [2.75, 3.05) is 27.3 Å². The van der Waals surface area contributed by atoms with Gasteiger partial charge in [0, 0.05) is 25.3 Å². The number of nitrogens with one attached hydrogen (secondary N) is 2. The van der Waals surface area contributed by atoms with Gasteiger partial charge in [-0.25, -0.2) is 0 Å². The first kappa shape index (κ1) is 16.8. The molecular weight excluding hydrogens is 328 g/mol. The summed E-state index contributed by atoms with van der Waals surface area (Å²) in [4.78, 5) is 9.27. The average Bonchev–Trinajstić information content (AvgIpc) is 2.71. The number of fused-ring (bicyclic) bond motifs is 2. The van der Waals surface area contributed by atoms with Crippen LogP contribution in [0.5, 0.6) is 0 Å². The molecule has 26 heavy (non-hydrogen) atoms. The molecule has 0 aliphatic carbocycles. The van der Waals surface area contributed by atoms with Crippen LogP contribution in [0.15, 0.2) is 58.5 Å². The van der Waals surface area contributed by atoms with Gasteiger partial charge in [0.25, 0.3) is 0 Å². The third-order valence-corrected chi connectivity index (χ3v) is 4.82. The number of amidine groups is 2. The summed E-state index contributed by atoms with van der Waals surface area (Å²) in [7, 11) is 3.43. The van der Waals surface area contributed by atoms with Crippen LogP contribution >= 0.6 is 0 Å². The Morgan fingerprint density at radius 3 is 1.58 bits per heavy atom. The van der Waals surface area contributed by atoms with E-state index in [0.29, 0.717) is 13.1 Å². The molecule has 0 spiro atoms. The molecule has 2 atom stereocenters. The molecule has 4 rings (SSSR count). The van der Waals surface area contributed by atoms with E-state index < -0.39 is 0 Å². The molecule has 2 N–H and O–H groups in total. The van der Waals surface area contributed by atoms with Crippen molar-refractivity contribution in [3.63, 3.8) is 0 Å². The Labute approximate surface area is 152 Å². The van der Waals surface area contributed by atoms with Crippen LogP contribution in [0, 0.1) is 0 Å². The number of hydrogen-bond acceptors (Lipinski definition) is 6. The van der Waals surface area contributed by atoms with Gasteiger partial charge >= 0.3 is 0 Å². The van der Waals surface area contributed by atoms with Crippen LogP contribution in [0.3, 0.4) is 0 Å². The first-order chi connectivity index (χ1) is 12.8. The van der Waals surface area contributed by atoms with Crippen LogP contribution in [0.1, 0.15) is 34.5 Å². The van der Waals surface area contributed by atoms with Gasteiger partial charge in [-0.2, -0.15) is 0 Å². The summed E-state index contributed by atoms with van der Waals surface area (Å²) < 4.78 is 11.1. The quantitative estimate of drug-likeness (QED) is 0.816. The average molecular weight is 350 g/mol. The normalized spacial score (nSPS) is 21.2. The van der Waals surface area contributed by atoms with Crippen molar-refractivity contribution in [3.8, 4) is 0 Å². The Hall–Kier alpha value is -2.70. The smallest absolute Gasteiger partial charge is 0.147 e. The Morgan fingerprint density at radius 1 is 0.731 bits per heavy atom. The standard InChI is InChI=1S/C20H22N4O2/c1-25-17-11-21-19(15-9-5-3-7-13(15)17)23-24-20-16-10-6-4-8-14(16)18(26-2)12-22-20/h3-10,17-18H,11-12H2,1-2H3,(H,21,23)(H,22,24). The third kappa shape index (κ3) is 2.98. The summed E-state index contributed by atoms with van der Waals surface area (Å²) in [5, 5.41) is 0. The number of ether oxygens (including phenoxy) is 2. The maximum atomic E-state index is 5.54. The molecule has 2 unspecified atom stereocenters. The zero-order valence-electron chi connectivity index (χ0n) is 14.9. The Morgan fingerprint density at radius 2 is 1.15 bits per heavy atom. The third-order valence-electron chi connectivity index (χ3n) is 4.82. The minimum Gasteiger partial charge on any atom is -0.375 e. The number of nitrogens with zero attached hydrogens (tertiary/aromatic N) is 2. The fourth-order valence-corrected chi connectivity index (χ4v) is 3.44. The van der Waals surface area contributed by atoms with E-state index in [1.165, 1.54) is 0 Å². The van der Waals surface area contributed by atoms with Gasteiger partial charge in [0.1, 0.15) is 23.9 Å². The highest BCUT2D eigenvalue weighted by molar-refractivity contribution is 6.05. The molecular formula is C20H22N4O2. The Balaban J connectivity index is 1.55. The molecule has 0 aromatic heterocycles. The van der Waals surface area contributed by atoms with Gasteiger partial charge in [0.2, 0.25) is 0 Å². The predicted molar refractivity (Wildman–Crippen MR) is 101 cm³/mol. The lowest BCUT2D eigenvalue weighted by Gasteiger charge is -2.27. The lowest BCUT2D eigenvalue weighted by molar-refractivity contribution is 0.109. The van der Waals surface area contributed by atoms with E-state index in [9.17, 15) is 0 Å². The molecule has 0 saturated heterocycles. The highest BCUT2D eigenvalue weighted by Crippen LogP contribution is 2.27. The molecule has 2 aromatic carbocycles. The molecule has 0 bridgehead atoms. The number of aliphatic imine (C=N–C) groups is 2. The number of rotatable bonds is 2. The van der Waals surface area contributed by atoms with E-state index in [1.54, 1.807) is 14.2 Å². The van der Waals surface area contributed by atoms with E-state index in [4.69, 9.17) is 9.47 Å². The summed E-state index contributed by atoms with van der Waals surface area (Å²) in [6, 6.07) is 16.3. The van der Waals surface area contributed by atoms with Crippen LogP contribution in [0.4, 0.5) is 0 Å². The van der Waals surface area contributed by atoms with Crippen molar-refractivity contribution in [1.29, 1.82) is 0 Å². The fraction of sp³-hybridized carbons (Fsp3) is 0.300. The molecule has 0 amide bonds. The van der Waals surface area contributed by atoms with Gasteiger partial charge in [-0.05, 0) is 11.1 Å². The lowest BCUT2D eigenvalue weighted by Crippen LogP contribution is -2.45. The molecule has 0 saturated carbocycles. The van der Waals surface area contributed by atoms with Crippen molar-refractivity contribution in [2.24, 2.45) is 9.98 Å². The van der Waals surface area contributed by atoms with Crippen molar-refractivity contribution in [2.45, 2.75) is 12.2 Å². The molecule has 0 fully saturated rings. The summed E-state index contributed by atoms with van der Waals surface area (Å²) >= 11 is 0. The fourth-order valence-electron chi connectivity index (χ4n) is 3.44. The second kappa shape index (κ2) is 7.27. The first-order valence-corrected chi connectivity index (χ1v) is 8.67. The van der Waals surface area contributed by atoms with Gasteiger partial charge in [-0.1, -0.05) is 48.5 Å². The van der Waals surface area contributed by atoms with Gasteiger partial charge in [0.15, 0.2) is 0 Å². The lowest BCUT2D eigenvalue weighted by atomic mass is 9.98. The van der Waals surface area contributed by atoms with Crippen LogP contribution < -0.4 is 10.9 Å². The molecule has 2 heterocycles. The SMILES string of the molecule is COC1CN=C(NNC2=NCC(OC)c3ccccc32)c2ccccc21. The van der Waals surface area contributed by atoms with E-state index in [0.717, 1.165) is 33.9 Å². The number of hydrogen-bond donors (Lipinski definition) is 2. The van der Waals surface area contributed by atoms with Gasteiger partial charge < -0.3 is 9.47 Å². The van der Waals surface area contributed by atoms with Gasteiger partial charge in [0.05, 0.1) is 13.1 Å². The van der Waals surface area contributed by atoms with Crippen molar-refractivity contribution in [1.82, 2.24) is 10.9 Å². The summed E-state index contributed by atoms with van der Waals surface area (Å²) in [5.74, 6) is 1.59. The van der Waals surface area contributed by atoms with E-state index >= 15 is 0 Å². The second-order valence-corrected chi connectivity index (χ2v) is 6.25. The van der Waals surface area contributed by atoms with Crippen molar-refractivity contribution >= 4 is 11.7 Å². The van der Waals surface area contributed by atoms with Crippen molar-refractivity contribution in [3.05, 3.63) is 70.8 Å². The molecule has 2 aromatic rings. The summed E-state index contributed by atoms with van der Waals surface area (Å²) in [5.41, 5.74) is 10.8. The molecule has 134 valence electrons. The monoisotopic (exact) mass is 350 g/mol. The number of hydrazine groups is 1. The van der Waals surface area contributed by atoms with Crippen molar-refractivity contribution < 1.29 is 9.47 Å². The largest absolute Gasteiger partial charge is 0.375 e. The van der Waals surface area contributed by atoms with Gasteiger partial charge in [-0.15, -0.1) is 0 Å². The molecule has 2 aliphatic rings. The summed E-state index contributed by atoms with van der Waals surface area (Å²) in [6.45, 7) is 1.18. The Kier molecular flexibility index (Phi) is 4.69. The maximum Gasteiger partial charge on any atom is 0.147 e. The van der Waals surface area contributed by atoms with Crippen LogP contribution in [0.25, 0.3) is 0 Å². The maximum absolute atomic E-state index is 5.54. The number of methoxy groups -OCH3 is 2. The highest BCUT2D eigenvalue weighted by Gasteiger charge is 2.24. The van der Waals surface area contributed by atoms with Crippen LogP contribution in [-0.4, -0.2) is 39.0 Å². The second-order valence-electron chi connectivity index (χ2n) is 6.25. The molecule has 0 radical (unpaired) electrons. The van der Waals surface area contributed by atoms with Crippen LogP contribution in [0.2, 0.25) is 0 Å². The summed E-state index contributed by atoms with van der Waals surface area (Å²) in [6.07, 6.45) is -0.0149. The first-order valence-electron chi connectivity index (χ1n) is 8.67. The minimum absolute atomic E-state index is 0.00745. The predicted octanol–water partition coefficient (Wildman–Crippen LogP) is 2.38. The minimum atomic E-state index is -0.00745. The van der Waals surface area contributed by atoms with Crippen LogP contribution in [-0.2, 0) is 9.47 Å². The number of benzene rings is 2. The molecule has 6 heteroatoms. The highest BCUT2D eigenvalue weighted by atomic mass is 16.5. The van der Waals surface area contributed by atoms with Gasteiger partial charge in [-0.3, -0.25) is 20.8 Å².